The van der Waals surface area contributed by atoms with Gasteiger partial charge < -0.3 is 9.32 Å². The maximum absolute atomic E-state index is 6.36. The molecule has 0 radical (unpaired) electrons. The highest BCUT2D eigenvalue weighted by molar-refractivity contribution is 6.30. The normalized spacial score (nSPS) is 16.9. The van der Waals surface area contributed by atoms with Crippen LogP contribution in [-0.4, -0.2) is 46.3 Å². The quantitative estimate of drug-likeness (QED) is 0.784. The molecule has 0 bridgehead atoms. The first-order chi connectivity index (χ1) is 11.9. The monoisotopic (exact) mass is 364 g/mol. The van der Waals surface area contributed by atoms with E-state index in [0.717, 1.165) is 66.6 Å². The Balaban J connectivity index is 1.45. The lowest BCUT2D eigenvalue weighted by molar-refractivity contribution is 0.140. The highest BCUT2D eigenvalue weighted by Gasteiger charge is 2.22. The molecule has 0 amide bonds. The zero-order chi connectivity index (χ0) is 18.0. The summed E-state index contributed by atoms with van der Waals surface area (Å²) in [6.07, 6.45) is 2.48. The molecule has 0 saturated carbocycles. The second-order valence-corrected chi connectivity index (χ2v) is 7.77. The Morgan fingerprint density at radius 2 is 2.00 bits per heavy atom. The summed E-state index contributed by atoms with van der Waals surface area (Å²) in [5.41, 5.74) is 2.18. The number of halogens is 1. The van der Waals surface area contributed by atoms with Gasteiger partial charge in [-0.15, -0.1) is 0 Å². The van der Waals surface area contributed by atoms with E-state index < -0.39 is 0 Å². The highest BCUT2D eigenvalue weighted by Crippen LogP contribution is 2.23. The molecule has 0 unspecified atom stereocenters. The van der Waals surface area contributed by atoms with Gasteiger partial charge in [0.15, 0.2) is 0 Å². The van der Waals surface area contributed by atoms with Gasteiger partial charge in [0, 0.05) is 25.7 Å². The highest BCUT2D eigenvalue weighted by atomic mass is 35.5. The lowest BCUT2D eigenvalue weighted by atomic mass is 9.96. The summed E-state index contributed by atoms with van der Waals surface area (Å²) in [5, 5.41) is 5.16. The second kappa shape index (κ2) is 7.94. The maximum Gasteiger partial charge on any atom is 0.131 e. The van der Waals surface area contributed by atoms with Crippen molar-refractivity contribution in [3.05, 3.63) is 40.1 Å². The zero-order valence-corrected chi connectivity index (χ0v) is 16.5. The SMILES string of the molecule is Cc1ccc(CN2CCC(CN(C)Cc3c(C)nn(C)c3Cl)CC2)o1. The summed E-state index contributed by atoms with van der Waals surface area (Å²) in [5.74, 6) is 2.82. The summed E-state index contributed by atoms with van der Waals surface area (Å²) in [6.45, 7) is 9.23. The van der Waals surface area contributed by atoms with Crippen molar-refractivity contribution in [3.63, 3.8) is 0 Å². The molecule has 0 spiro atoms. The summed E-state index contributed by atoms with van der Waals surface area (Å²) in [7, 11) is 4.08. The molecule has 3 heterocycles. The van der Waals surface area contributed by atoms with Crippen LogP contribution in [0.3, 0.4) is 0 Å². The molecule has 2 aromatic heterocycles. The van der Waals surface area contributed by atoms with Crippen LogP contribution in [0.1, 0.15) is 35.6 Å². The molecule has 6 heteroatoms. The topological polar surface area (TPSA) is 37.4 Å². The van der Waals surface area contributed by atoms with Crippen LogP contribution < -0.4 is 0 Å². The molecule has 0 aliphatic carbocycles. The zero-order valence-electron chi connectivity index (χ0n) is 15.8. The van der Waals surface area contributed by atoms with Crippen LogP contribution in [0.2, 0.25) is 5.15 Å². The van der Waals surface area contributed by atoms with Gasteiger partial charge in [-0.3, -0.25) is 9.58 Å². The molecule has 1 fully saturated rings. The fraction of sp³-hybridized carbons (Fsp3) is 0.632. The average Bonchev–Trinajstić information content (AvgIpc) is 3.07. The Hall–Kier alpha value is -1.30. The van der Waals surface area contributed by atoms with Gasteiger partial charge in [0.25, 0.3) is 0 Å². The smallest absolute Gasteiger partial charge is 0.131 e. The van der Waals surface area contributed by atoms with E-state index in [-0.39, 0.29) is 0 Å². The molecule has 5 nitrogen and oxygen atoms in total. The molecule has 2 aromatic rings. The van der Waals surface area contributed by atoms with Crippen molar-refractivity contribution in [1.82, 2.24) is 19.6 Å². The van der Waals surface area contributed by atoms with Crippen LogP contribution in [0.5, 0.6) is 0 Å². The largest absolute Gasteiger partial charge is 0.465 e. The Morgan fingerprint density at radius 1 is 1.28 bits per heavy atom. The van der Waals surface area contributed by atoms with E-state index in [1.165, 1.54) is 12.8 Å². The molecule has 0 aromatic carbocycles. The molecule has 3 rings (SSSR count). The van der Waals surface area contributed by atoms with E-state index >= 15 is 0 Å². The van der Waals surface area contributed by atoms with E-state index in [1.807, 2.05) is 27.0 Å². The minimum Gasteiger partial charge on any atom is -0.465 e. The predicted molar refractivity (Wildman–Crippen MR) is 101 cm³/mol. The van der Waals surface area contributed by atoms with Crippen molar-refractivity contribution in [1.29, 1.82) is 0 Å². The van der Waals surface area contributed by atoms with Gasteiger partial charge in [0.1, 0.15) is 16.7 Å². The fourth-order valence-electron chi connectivity index (χ4n) is 3.75. The number of likely N-dealkylation sites (tertiary alicyclic amines) is 1. The molecule has 138 valence electrons. The lowest BCUT2D eigenvalue weighted by Gasteiger charge is -2.33. The van der Waals surface area contributed by atoms with E-state index in [0.29, 0.717) is 0 Å². The van der Waals surface area contributed by atoms with Gasteiger partial charge in [-0.25, -0.2) is 0 Å². The van der Waals surface area contributed by atoms with E-state index in [4.69, 9.17) is 16.0 Å². The standard InChI is InChI=1S/C19H29ClN4O/c1-14-5-6-17(25-14)12-24-9-7-16(8-10-24)11-22(3)13-18-15(2)21-23(4)19(18)20/h5-6,16H,7-13H2,1-4H3. The molecule has 0 atom stereocenters. The van der Waals surface area contributed by atoms with Crippen molar-refractivity contribution in [2.45, 2.75) is 39.8 Å². The first kappa shape index (κ1) is 18.5. The Labute approximate surface area is 155 Å². The number of hydrogen-bond donors (Lipinski definition) is 0. The van der Waals surface area contributed by atoms with Gasteiger partial charge in [-0.1, -0.05) is 11.6 Å². The van der Waals surface area contributed by atoms with Crippen LogP contribution in [0.25, 0.3) is 0 Å². The van der Waals surface area contributed by atoms with Gasteiger partial charge in [-0.2, -0.15) is 5.10 Å². The van der Waals surface area contributed by atoms with Gasteiger partial charge in [0.2, 0.25) is 0 Å². The van der Waals surface area contributed by atoms with Crippen molar-refractivity contribution in [2.24, 2.45) is 13.0 Å². The molecular weight excluding hydrogens is 336 g/mol. The molecular formula is C19H29ClN4O. The number of rotatable bonds is 6. The summed E-state index contributed by atoms with van der Waals surface area (Å²) >= 11 is 6.36. The summed E-state index contributed by atoms with van der Waals surface area (Å²) in [4.78, 5) is 4.88. The van der Waals surface area contributed by atoms with E-state index in [9.17, 15) is 0 Å². The minimum absolute atomic E-state index is 0.746. The number of nitrogens with zero attached hydrogens (tertiary/aromatic N) is 4. The van der Waals surface area contributed by atoms with Crippen LogP contribution in [0, 0.1) is 19.8 Å². The first-order valence-electron chi connectivity index (χ1n) is 9.06. The average molecular weight is 365 g/mol. The van der Waals surface area contributed by atoms with Gasteiger partial charge >= 0.3 is 0 Å². The van der Waals surface area contributed by atoms with Crippen molar-refractivity contribution >= 4 is 11.6 Å². The second-order valence-electron chi connectivity index (χ2n) is 7.41. The molecule has 1 saturated heterocycles. The number of piperidine rings is 1. The van der Waals surface area contributed by atoms with Crippen LogP contribution in [-0.2, 0) is 20.1 Å². The summed E-state index contributed by atoms with van der Waals surface area (Å²) < 4.78 is 7.46. The van der Waals surface area contributed by atoms with E-state index in [2.05, 4.69) is 28.0 Å². The molecule has 1 aliphatic rings. The van der Waals surface area contributed by atoms with E-state index in [1.54, 1.807) is 4.68 Å². The van der Waals surface area contributed by atoms with Crippen molar-refractivity contribution in [3.8, 4) is 0 Å². The van der Waals surface area contributed by atoms with Crippen molar-refractivity contribution in [2.75, 3.05) is 26.7 Å². The number of aryl methyl sites for hydroxylation is 3. The van der Waals surface area contributed by atoms with Gasteiger partial charge in [-0.05, 0) is 64.9 Å². The minimum atomic E-state index is 0.746. The third-order valence-corrected chi connectivity index (χ3v) is 5.62. The molecule has 1 aliphatic heterocycles. The maximum atomic E-state index is 6.36. The Kier molecular flexibility index (Phi) is 5.87. The molecule has 25 heavy (non-hydrogen) atoms. The number of aromatic nitrogens is 2. The Morgan fingerprint density at radius 3 is 2.56 bits per heavy atom. The predicted octanol–water partition coefficient (Wildman–Crippen LogP) is 3.63. The fourth-order valence-corrected chi connectivity index (χ4v) is 3.98. The van der Waals surface area contributed by atoms with Crippen LogP contribution in [0.4, 0.5) is 0 Å². The Bertz CT molecular complexity index is 700. The number of furan rings is 1. The third kappa shape index (κ3) is 4.66. The van der Waals surface area contributed by atoms with Crippen molar-refractivity contribution < 1.29 is 4.42 Å². The third-order valence-electron chi connectivity index (χ3n) is 5.15. The molecule has 0 N–H and O–H groups in total. The van der Waals surface area contributed by atoms with Gasteiger partial charge in [0.05, 0.1) is 12.2 Å². The first-order valence-corrected chi connectivity index (χ1v) is 9.44. The summed E-state index contributed by atoms with van der Waals surface area (Å²) in [6, 6.07) is 4.14. The lowest BCUT2D eigenvalue weighted by Crippen LogP contribution is -2.37. The van der Waals surface area contributed by atoms with Crippen LogP contribution in [0.15, 0.2) is 16.5 Å². The number of hydrogen-bond acceptors (Lipinski definition) is 4. The van der Waals surface area contributed by atoms with Crippen LogP contribution >= 0.6 is 11.6 Å².